The Morgan fingerprint density at radius 3 is 2.78 bits per heavy atom. The Labute approximate surface area is 142 Å². The van der Waals surface area contributed by atoms with Crippen molar-refractivity contribution in [1.29, 1.82) is 0 Å². The molecule has 3 aromatic rings. The summed E-state index contributed by atoms with van der Waals surface area (Å²) in [5.41, 5.74) is 6.59. The lowest BCUT2D eigenvalue weighted by Gasteiger charge is -2.30. The van der Waals surface area contributed by atoms with Crippen LogP contribution in [0.15, 0.2) is 48.7 Å². The molecule has 0 saturated heterocycles. The minimum Gasteiger partial charge on any atom is -0.360 e. The molecule has 2 heterocycles. The van der Waals surface area contributed by atoms with E-state index in [1.54, 1.807) is 0 Å². The molecule has 23 heavy (non-hydrogen) atoms. The predicted molar refractivity (Wildman–Crippen MR) is 99.9 cm³/mol. The molecular formula is C20H20N2S. The second kappa shape index (κ2) is 5.82. The van der Waals surface area contributed by atoms with Gasteiger partial charge >= 0.3 is 0 Å². The molecule has 1 N–H and O–H groups in total. The number of hydrogen-bond donors (Lipinski definition) is 1. The Morgan fingerprint density at radius 2 is 1.96 bits per heavy atom. The Hall–Kier alpha value is -2.13. The summed E-state index contributed by atoms with van der Waals surface area (Å²) in [7, 11) is 0. The van der Waals surface area contributed by atoms with Crippen molar-refractivity contribution in [2.75, 3.05) is 6.54 Å². The molecule has 4 rings (SSSR count). The smallest absolute Gasteiger partial charge is 0.111 e. The SMILES string of the molecule is CCc1cccc2c(C(=S)N3CCc4ccccc4C3)c[nH]c12. The minimum atomic E-state index is 0.912. The molecule has 2 nitrogen and oxygen atoms in total. The van der Waals surface area contributed by atoms with Gasteiger partial charge in [-0.25, -0.2) is 0 Å². The molecule has 0 saturated carbocycles. The summed E-state index contributed by atoms with van der Waals surface area (Å²) in [5, 5.41) is 1.24. The van der Waals surface area contributed by atoms with Crippen molar-refractivity contribution in [2.45, 2.75) is 26.3 Å². The van der Waals surface area contributed by atoms with Crippen LogP contribution in [0.4, 0.5) is 0 Å². The summed E-state index contributed by atoms with van der Waals surface area (Å²) >= 11 is 5.84. The van der Waals surface area contributed by atoms with Gasteiger partial charge in [0.15, 0.2) is 0 Å². The molecule has 0 aliphatic carbocycles. The first kappa shape index (κ1) is 14.5. The lowest BCUT2D eigenvalue weighted by atomic mass is 9.99. The number of aromatic amines is 1. The van der Waals surface area contributed by atoms with Crippen LogP contribution < -0.4 is 0 Å². The number of H-pyrrole nitrogens is 1. The normalized spacial score (nSPS) is 14.0. The van der Waals surface area contributed by atoms with E-state index >= 15 is 0 Å². The van der Waals surface area contributed by atoms with Crippen LogP contribution in [-0.2, 0) is 19.4 Å². The van der Waals surface area contributed by atoms with Gasteiger partial charge in [-0.3, -0.25) is 0 Å². The highest BCUT2D eigenvalue weighted by Crippen LogP contribution is 2.26. The fourth-order valence-electron chi connectivity index (χ4n) is 3.53. The summed E-state index contributed by atoms with van der Waals surface area (Å²) in [6, 6.07) is 15.2. The maximum absolute atomic E-state index is 5.84. The van der Waals surface area contributed by atoms with Gasteiger partial charge in [0.2, 0.25) is 0 Å². The Bertz CT molecular complexity index is 878. The largest absolute Gasteiger partial charge is 0.360 e. The van der Waals surface area contributed by atoms with Crippen molar-refractivity contribution in [1.82, 2.24) is 9.88 Å². The van der Waals surface area contributed by atoms with Crippen LogP contribution >= 0.6 is 12.2 Å². The van der Waals surface area contributed by atoms with E-state index < -0.39 is 0 Å². The molecule has 1 aliphatic heterocycles. The highest BCUT2D eigenvalue weighted by molar-refractivity contribution is 7.80. The summed E-state index contributed by atoms with van der Waals surface area (Å²) in [4.78, 5) is 6.72. The number of hydrogen-bond acceptors (Lipinski definition) is 1. The van der Waals surface area contributed by atoms with E-state index in [0.717, 1.165) is 36.5 Å². The van der Waals surface area contributed by atoms with Gasteiger partial charge in [0, 0.05) is 35.8 Å². The summed E-state index contributed by atoms with van der Waals surface area (Å²) in [6.07, 6.45) is 4.17. The summed E-state index contributed by atoms with van der Waals surface area (Å²) < 4.78 is 0. The van der Waals surface area contributed by atoms with Gasteiger partial charge in [0.1, 0.15) is 4.99 Å². The van der Waals surface area contributed by atoms with Gasteiger partial charge in [0.25, 0.3) is 0 Å². The molecule has 0 fully saturated rings. The van der Waals surface area contributed by atoms with E-state index in [9.17, 15) is 0 Å². The van der Waals surface area contributed by atoms with Crippen LogP contribution in [-0.4, -0.2) is 21.4 Å². The van der Waals surface area contributed by atoms with Crippen LogP contribution in [0.1, 0.15) is 29.2 Å². The van der Waals surface area contributed by atoms with E-state index in [4.69, 9.17) is 12.2 Å². The third-order valence-corrected chi connectivity index (χ3v) is 5.31. The van der Waals surface area contributed by atoms with E-state index in [-0.39, 0.29) is 0 Å². The highest BCUT2D eigenvalue weighted by atomic mass is 32.1. The minimum absolute atomic E-state index is 0.912. The first-order chi connectivity index (χ1) is 11.3. The maximum Gasteiger partial charge on any atom is 0.111 e. The fourth-order valence-corrected chi connectivity index (χ4v) is 3.85. The van der Waals surface area contributed by atoms with E-state index in [2.05, 4.69) is 65.5 Å². The fraction of sp³-hybridized carbons (Fsp3) is 0.250. The third kappa shape index (κ3) is 2.45. The molecule has 0 radical (unpaired) electrons. The standard InChI is InChI=1S/C20H20N2S/c1-2-14-8-5-9-17-18(12-21-19(14)17)20(23)22-11-10-15-6-3-4-7-16(15)13-22/h3-9,12,21H,2,10-11,13H2,1H3. The number of aryl methyl sites for hydroxylation is 1. The lowest BCUT2D eigenvalue weighted by Crippen LogP contribution is -2.35. The van der Waals surface area contributed by atoms with Crippen molar-refractivity contribution in [3.8, 4) is 0 Å². The second-order valence-electron chi connectivity index (χ2n) is 6.14. The average molecular weight is 320 g/mol. The number of nitrogens with one attached hydrogen (secondary N) is 1. The number of fused-ring (bicyclic) bond motifs is 2. The van der Waals surface area contributed by atoms with E-state index in [1.807, 2.05) is 0 Å². The molecule has 0 spiro atoms. The molecule has 1 aliphatic rings. The zero-order chi connectivity index (χ0) is 15.8. The van der Waals surface area contributed by atoms with Crippen LogP contribution in [0.2, 0.25) is 0 Å². The molecule has 3 heteroatoms. The van der Waals surface area contributed by atoms with Gasteiger partial charge in [-0.1, -0.05) is 61.6 Å². The number of benzene rings is 2. The molecule has 1 aromatic heterocycles. The molecule has 116 valence electrons. The predicted octanol–water partition coefficient (Wildman–Crippen LogP) is 4.46. The summed E-state index contributed by atoms with van der Waals surface area (Å²) in [5.74, 6) is 0. The Kier molecular flexibility index (Phi) is 3.66. The van der Waals surface area contributed by atoms with E-state index in [1.165, 1.54) is 27.6 Å². The molecule has 0 unspecified atom stereocenters. The van der Waals surface area contributed by atoms with Gasteiger partial charge in [-0.15, -0.1) is 0 Å². The van der Waals surface area contributed by atoms with Crippen LogP contribution in [0.3, 0.4) is 0 Å². The monoisotopic (exact) mass is 320 g/mol. The first-order valence-corrected chi connectivity index (χ1v) is 8.63. The first-order valence-electron chi connectivity index (χ1n) is 8.23. The number of rotatable bonds is 2. The van der Waals surface area contributed by atoms with Crippen molar-refractivity contribution < 1.29 is 0 Å². The van der Waals surface area contributed by atoms with Crippen molar-refractivity contribution in [3.63, 3.8) is 0 Å². The van der Waals surface area contributed by atoms with Crippen molar-refractivity contribution in [3.05, 3.63) is 70.9 Å². The van der Waals surface area contributed by atoms with Crippen LogP contribution in [0, 0.1) is 0 Å². The average Bonchev–Trinajstić information content (AvgIpc) is 3.04. The van der Waals surface area contributed by atoms with Crippen LogP contribution in [0.25, 0.3) is 10.9 Å². The van der Waals surface area contributed by atoms with Crippen LogP contribution in [0.5, 0.6) is 0 Å². The Morgan fingerprint density at radius 1 is 1.13 bits per heavy atom. The van der Waals surface area contributed by atoms with Crippen molar-refractivity contribution in [2.24, 2.45) is 0 Å². The number of para-hydroxylation sites is 1. The highest BCUT2D eigenvalue weighted by Gasteiger charge is 2.21. The maximum atomic E-state index is 5.84. The topological polar surface area (TPSA) is 19.0 Å². The number of aromatic nitrogens is 1. The number of nitrogens with zero attached hydrogens (tertiary/aromatic N) is 1. The molecule has 0 amide bonds. The van der Waals surface area contributed by atoms with Gasteiger partial charge in [-0.05, 0) is 29.5 Å². The second-order valence-corrected chi connectivity index (χ2v) is 6.53. The van der Waals surface area contributed by atoms with Gasteiger partial charge in [0.05, 0.1) is 0 Å². The molecular weight excluding hydrogens is 300 g/mol. The zero-order valence-electron chi connectivity index (χ0n) is 13.3. The molecule has 0 atom stereocenters. The van der Waals surface area contributed by atoms with E-state index in [0.29, 0.717) is 0 Å². The lowest BCUT2D eigenvalue weighted by molar-refractivity contribution is 0.401. The van der Waals surface area contributed by atoms with Gasteiger partial charge < -0.3 is 9.88 Å². The zero-order valence-corrected chi connectivity index (χ0v) is 14.1. The summed E-state index contributed by atoms with van der Waals surface area (Å²) in [6.45, 7) is 4.10. The number of thiocarbonyl (C=S) groups is 1. The van der Waals surface area contributed by atoms with Crippen molar-refractivity contribution >= 4 is 28.1 Å². The third-order valence-electron chi connectivity index (χ3n) is 4.83. The molecule has 0 bridgehead atoms. The van der Waals surface area contributed by atoms with Gasteiger partial charge in [-0.2, -0.15) is 0 Å². The Balaban J connectivity index is 1.68. The molecule has 2 aromatic carbocycles. The quantitative estimate of drug-likeness (QED) is 0.703.